The van der Waals surface area contributed by atoms with E-state index in [0.29, 0.717) is 10.6 Å². The third-order valence-corrected chi connectivity index (χ3v) is 5.21. The largest absolute Gasteiger partial charge is 0.207 e. The van der Waals surface area contributed by atoms with Gasteiger partial charge in [-0.2, -0.15) is 0 Å². The second kappa shape index (κ2) is 5.05. The summed E-state index contributed by atoms with van der Waals surface area (Å²) < 4.78 is 13.3. The number of rotatable bonds is 3. The first-order valence-electron chi connectivity index (χ1n) is 5.39. The quantitative estimate of drug-likeness (QED) is 0.632. The van der Waals surface area contributed by atoms with Crippen LogP contribution >= 0.6 is 27.5 Å². The summed E-state index contributed by atoms with van der Waals surface area (Å²) in [5.41, 5.74) is 1.69. The van der Waals surface area contributed by atoms with E-state index in [0.717, 1.165) is 12.0 Å². The van der Waals surface area contributed by atoms with Gasteiger partial charge in [-0.15, -0.1) is 0 Å². The van der Waals surface area contributed by atoms with Crippen molar-refractivity contribution in [3.05, 3.63) is 34.1 Å². The molecule has 1 rings (SSSR count). The highest BCUT2D eigenvalue weighted by molar-refractivity contribution is 9.09. The monoisotopic (exact) mass is 306 g/mol. The molecular formula is C13H17BrClF. The van der Waals surface area contributed by atoms with Crippen molar-refractivity contribution < 1.29 is 4.39 Å². The number of aryl methyl sites for hydroxylation is 1. The Morgan fingerprint density at radius 3 is 2.50 bits per heavy atom. The molecule has 90 valence electrons. The second-order valence-electron chi connectivity index (χ2n) is 4.83. The zero-order chi connectivity index (χ0) is 12.5. The lowest BCUT2D eigenvalue weighted by Gasteiger charge is -2.30. The van der Waals surface area contributed by atoms with Crippen molar-refractivity contribution in [2.45, 2.75) is 38.9 Å². The van der Waals surface area contributed by atoms with E-state index in [1.165, 1.54) is 6.07 Å². The average molecular weight is 308 g/mol. The summed E-state index contributed by atoms with van der Waals surface area (Å²) in [5.74, 6) is -0.247. The number of hydrogen-bond acceptors (Lipinski definition) is 0. The number of hydrogen-bond donors (Lipinski definition) is 0. The summed E-state index contributed by atoms with van der Waals surface area (Å²) in [4.78, 5) is 0.136. The molecule has 0 aliphatic rings. The Morgan fingerprint density at radius 1 is 1.44 bits per heavy atom. The average Bonchev–Trinajstić information content (AvgIpc) is 2.22. The molecule has 0 amide bonds. The van der Waals surface area contributed by atoms with E-state index < -0.39 is 0 Å². The van der Waals surface area contributed by atoms with Gasteiger partial charge in [-0.25, -0.2) is 4.39 Å². The molecule has 0 saturated heterocycles. The molecular weight excluding hydrogens is 290 g/mol. The SMILES string of the molecule is CCC(C)(C)C(Br)c1cc(C)c(F)cc1Cl. The summed E-state index contributed by atoms with van der Waals surface area (Å²) in [6.07, 6.45) is 1.02. The Hall–Kier alpha value is -0.0800. The second-order valence-corrected chi connectivity index (χ2v) is 6.15. The smallest absolute Gasteiger partial charge is 0.127 e. The number of halogens is 3. The lowest BCUT2D eigenvalue weighted by atomic mass is 9.83. The Balaban J connectivity index is 3.19. The van der Waals surface area contributed by atoms with Crippen LogP contribution in [0.1, 0.15) is 43.1 Å². The molecule has 16 heavy (non-hydrogen) atoms. The van der Waals surface area contributed by atoms with Crippen LogP contribution in [-0.4, -0.2) is 0 Å². The van der Waals surface area contributed by atoms with Gasteiger partial charge in [0.15, 0.2) is 0 Å². The van der Waals surface area contributed by atoms with Gasteiger partial charge in [-0.05, 0) is 36.0 Å². The minimum absolute atomic E-state index is 0.0912. The summed E-state index contributed by atoms with van der Waals surface area (Å²) in [6.45, 7) is 8.23. The van der Waals surface area contributed by atoms with Gasteiger partial charge < -0.3 is 0 Å². The lowest BCUT2D eigenvalue weighted by molar-refractivity contribution is 0.346. The van der Waals surface area contributed by atoms with Gasteiger partial charge in [0.2, 0.25) is 0 Å². The third-order valence-electron chi connectivity index (χ3n) is 3.15. The maximum absolute atomic E-state index is 13.3. The van der Waals surface area contributed by atoms with Crippen LogP contribution in [0.3, 0.4) is 0 Å². The van der Waals surface area contributed by atoms with Gasteiger partial charge in [0, 0.05) is 9.85 Å². The highest BCUT2D eigenvalue weighted by Crippen LogP contribution is 2.45. The van der Waals surface area contributed by atoms with Crippen molar-refractivity contribution >= 4 is 27.5 Å². The molecule has 1 aromatic carbocycles. The highest BCUT2D eigenvalue weighted by Gasteiger charge is 2.28. The Labute approximate surface area is 110 Å². The normalized spacial score (nSPS) is 13.9. The van der Waals surface area contributed by atoms with E-state index >= 15 is 0 Å². The number of alkyl halides is 1. The minimum atomic E-state index is -0.247. The van der Waals surface area contributed by atoms with Gasteiger partial charge in [0.1, 0.15) is 5.82 Å². The first-order valence-corrected chi connectivity index (χ1v) is 6.68. The first kappa shape index (κ1) is 14.0. The molecule has 0 aliphatic carbocycles. The topological polar surface area (TPSA) is 0 Å². The molecule has 0 aliphatic heterocycles. The van der Waals surface area contributed by atoms with Crippen LogP contribution in [0.5, 0.6) is 0 Å². The van der Waals surface area contributed by atoms with Gasteiger partial charge in [0.25, 0.3) is 0 Å². The summed E-state index contributed by atoms with van der Waals surface area (Å²) in [7, 11) is 0. The zero-order valence-electron chi connectivity index (χ0n) is 10.1. The van der Waals surface area contributed by atoms with Crippen LogP contribution < -0.4 is 0 Å². The van der Waals surface area contributed by atoms with Crippen LogP contribution in [-0.2, 0) is 0 Å². The summed E-state index contributed by atoms with van der Waals surface area (Å²) in [6, 6.07) is 3.22. The van der Waals surface area contributed by atoms with Gasteiger partial charge in [-0.3, -0.25) is 0 Å². The predicted octanol–water partition coefficient (Wildman–Crippen LogP) is 5.66. The molecule has 0 radical (unpaired) electrons. The fraction of sp³-hybridized carbons (Fsp3) is 0.538. The van der Waals surface area contributed by atoms with Crippen LogP contribution in [0.4, 0.5) is 4.39 Å². The third kappa shape index (κ3) is 2.78. The molecule has 0 fully saturated rings. The van der Waals surface area contributed by atoms with Crippen molar-refractivity contribution in [1.29, 1.82) is 0 Å². The van der Waals surface area contributed by atoms with Crippen LogP contribution in [0, 0.1) is 18.2 Å². The summed E-state index contributed by atoms with van der Waals surface area (Å²) in [5, 5.41) is 0.492. The highest BCUT2D eigenvalue weighted by atomic mass is 79.9. The molecule has 0 saturated carbocycles. The van der Waals surface area contributed by atoms with E-state index in [9.17, 15) is 4.39 Å². The van der Waals surface area contributed by atoms with Gasteiger partial charge in [0.05, 0.1) is 0 Å². The lowest BCUT2D eigenvalue weighted by Crippen LogP contribution is -2.17. The molecule has 1 atom stereocenters. The fourth-order valence-corrected chi connectivity index (χ4v) is 2.57. The van der Waals surface area contributed by atoms with Crippen molar-refractivity contribution in [1.82, 2.24) is 0 Å². The van der Waals surface area contributed by atoms with Crippen molar-refractivity contribution in [3.63, 3.8) is 0 Å². The molecule has 0 aromatic heterocycles. The van der Waals surface area contributed by atoms with E-state index in [1.807, 2.05) is 6.07 Å². The van der Waals surface area contributed by atoms with E-state index in [2.05, 4.69) is 36.7 Å². The predicted molar refractivity (Wildman–Crippen MR) is 71.9 cm³/mol. The molecule has 0 nitrogen and oxygen atoms in total. The van der Waals surface area contributed by atoms with Gasteiger partial charge in [-0.1, -0.05) is 54.4 Å². The molecule has 0 bridgehead atoms. The molecule has 3 heteroatoms. The maximum Gasteiger partial charge on any atom is 0.127 e. The Kier molecular flexibility index (Phi) is 4.42. The maximum atomic E-state index is 13.3. The van der Waals surface area contributed by atoms with Crippen molar-refractivity contribution in [2.24, 2.45) is 5.41 Å². The minimum Gasteiger partial charge on any atom is -0.207 e. The van der Waals surface area contributed by atoms with Crippen molar-refractivity contribution in [2.75, 3.05) is 0 Å². The van der Waals surface area contributed by atoms with E-state index in [4.69, 9.17) is 11.6 Å². The van der Waals surface area contributed by atoms with E-state index in [1.54, 1.807) is 6.92 Å². The van der Waals surface area contributed by atoms with Crippen LogP contribution in [0.15, 0.2) is 12.1 Å². The molecule has 1 unspecified atom stereocenters. The fourth-order valence-electron chi connectivity index (χ4n) is 1.47. The molecule has 0 spiro atoms. The standard InChI is InChI=1S/C13H17BrClF/c1-5-13(3,4)12(14)9-6-8(2)11(16)7-10(9)15/h6-7,12H,5H2,1-4H3. The summed E-state index contributed by atoms with van der Waals surface area (Å²) >= 11 is 9.76. The Morgan fingerprint density at radius 2 is 2.00 bits per heavy atom. The molecule has 0 N–H and O–H groups in total. The van der Waals surface area contributed by atoms with Gasteiger partial charge >= 0.3 is 0 Å². The first-order chi connectivity index (χ1) is 7.29. The van der Waals surface area contributed by atoms with Crippen LogP contribution in [0.25, 0.3) is 0 Å². The van der Waals surface area contributed by atoms with Crippen molar-refractivity contribution in [3.8, 4) is 0 Å². The zero-order valence-corrected chi connectivity index (χ0v) is 12.4. The Bertz CT molecular complexity index is 388. The molecule has 1 aromatic rings. The number of benzene rings is 1. The molecule has 0 heterocycles. The van der Waals surface area contributed by atoms with E-state index in [-0.39, 0.29) is 16.1 Å². The van der Waals surface area contributed by atoms with Crippen LogP contribution in [0.2, 0.25) is 5.02 Å².